The summed E-state index contributed by atoms with van der Waals surface area (Å²) in [6.45, 7) is 3.28. The second kappa shape index (κ2) is 8.06. The fraction of sp³-hybridized carbons (Fsp3) is 0.333. The third kappa shape index (κ3) is 3.75. The van der Waals surface area contributed by atoms with Crippen molar-refractivity contribution in [3.63, 3.8) is 0 Å². The normalized spacial score (nSPS) is 14.9. The SMILES string of the molecule is COc1ccccc1-c1csc(C2CCN(C(=O)c3cnc(C)cn3)CC2)n1. The van der Waals surface area contributed by atoms with Gasteiger partial charge in [0.1, 0.15) is 11.4 Å². The Kier molecular flexibility index (Phi) is 5.34. The Balaban J connectivity index is 1.42. The number of benzene rings is 1. The van der Waals surface area contributed by atoms with E-state index in [2.05, 4.69) is 15.3 Å². The van der Waals surface area contributed by atoms with E-state index in [1.807, 2.05) is 36.1 Å². The summed E-state index contributed by atoms with van der Waals surface area (Å²) in [5, 5.41) is 3.22. The number of nitrogens with zero attached hydrogens (tertiary/aromatic N) is 4. The summed E-state index contributed by atoms with van der Waals surface area (Å²) >= 11 is 1.69. The molecule has 6 nitrogen and oxygen atoms in total. The van der Waals surface area contributed by atoms with E-state index in [1.54, 1.807) is 30.8 Å². The lowest BCUT2D eigenvalue weighted by Crippen LogP contribution is -2.38. The largest absolute Gasteiger partial charge is 0.496 e. The number of aryl methyl sites for hydroxylation is 1. The van der Waals surface area contributed by atoms with Crippen molar-refractivity contribution in [3.8, 4) is 17.0 Å². The van der Waals surface area contributed by atoms with Crippen molar-refractivity contribution in [1.29, 1.82) is 0 Å². The Bertz CT molecular complexity index is 963. The molecule has 1 saturated heterocycles. The van der Waals surface area contributed by atoms with Crippen molar-refractivity contribution in [2.24, 2.45) is 0 Å². The van der Waals surface area contributed by atoms with Crippen LogP contribution in [0.25, 0.3) is 11.3 Å². The molecular formula is C21H22N4O2S. The van der Waals surface area contributed by atoms with E-state index in [1.165, 1.54) is 0 Å². The minimum absolute atomic E-state index is 0.0419. The zero-order valence-corrected chi connectivity index (χ0v) is 16.8. The number of thiazole rings is 1. The number of piperidine rings is 1. The highest BCUT2D eigenvalue weighted by molar-refractivity contribution is 7.10. The van der Waals surface area contributed by atoms with Crippen LogP contribution in [0.15, 0.2) is 42.0 Å². The van der Waals surface area contributed by atoms with E-state index in [0.29, 0.717) is 24.7 Å². The van der Waals surface area contributed by atoms with Crippen molar-refractivity contribution in [2.45, 2.75) is 25.7 Å². The average molecular weight is 395 g/mol. The maximum atomic E-state index is 12.6. The number of hydrogen-bond acceptors (Lipinski definition) is 6. The van der Waals surface area contributed by atoms with E-state index in [-0.39, 0.29) is 5.91 Å². The number of likely N-dealkylation sites (tertiary alicyclic amines) is 1. The number of aromatic nitrogens is 3. The molecule has 28 heavy (non-hydrogen) atoms. The molecule has 0 spiro atoms. The highest BCUT2D eigenvalue weighted by atomic mass is 32.1. The van der Waals surface area contributed by atoms with Crippen molar-refractivity contribution in [2.75, 3.05) is 20.2 Å². The molecule has 0 unspecified atom stereocenters. The highest BCUT2D eigenvalue weighted by Gasteiger charge is 2.27. The van der Waals surface area contributed by atoms with E-state index in [9.17, 15) is 4.79 Å². The number of hydrogen-bond donors (Lipinski definition) is 0. The third-order valence-electron chi connectivity index (χ3n) is 5.04. The van der Waals surface area contributed by atoms with Crippen LogP contribution in [0, 0.1) is 6.92 Å². The van der Waals surface area contributed by atoms with Gasteiger partial charge in [0, 0.05) is 36.1 Å². The molecule has 1 aliphatic rings. The Morgan fingerprint density at radius 3 is 2.68 bits per heavy atom. The molecular weight excluding hydrogens is 372 g/mol. The van der Waals surface area contributed by atoms with Crippen molar-refractivity contribution < 1.29 is 9.53 Å². The van der Waals surface area contributed by atoms with Crippen LogP contribution in [0.1, 0.15) is 39.9 Å². The summed E-state index contributed by atoms with van der Waals surface area (Å²) in [5.74, 6) is 1.17. The molecule has 3 aromatic rings. The number of para-hydroxylation sites is 1. The Hall–Kier alpha value is -2.80. The lowest BCUT2D eigenvalue weighted by atomic mass is 9.97. The number of rotatable bonds is 4. The summed E-state index contributed by atoms with van der Waals surface area (Å²) < 4.78 is 5.45. The van der Waals surface area contributed by atoms with Crippen molar-refractivity contribution in [3.05, 3.63) is 58.4 Å². The minimum Gasteiger partial charge on any atom is -0.496 e. The van der Waals surface area contributed by atoms with Crippen LogP contribution in [-0.2, 0) is 0 Å². The van der Waals surface area contributed by atoms with Gasteiger partial charge in [-0.25, -0.2) is 9.97 Å². The van der Waals surface area contributed by atoms with Crippen LogP contribution >= 0.6 is 11.3 Å². The van der Waals surface area contributed by atoms with Gasteiger partial charge < -0.3 is 9.64 Å². The number of amides is 1. The first-order valence-electron chi connectivity index (χ1n) is 9.32. The molecule has 2 aromatic heterocycles. The summed E-state index contributed by atoms with van der Waals surface area (Å²) in [7, 11) is 1.68. The topological polar surface area (TPSA) is 68.2 Å². The predicted octanol–water partition coefficient (Wildman–Crippen LogP) is 3.94. The zero-order chi connectivity index (χ0) is 19.5. The second-order valence-corrected chi connectivity index (χ2v) is 7.77. The molecule has 4 rings (SSSR count). The molecule has 1 aliphatic heterocycles. The molecule has 1 fully saturated rings. The monoisotopic (exact) mass is 394 g/mol. The molecule has 0 aliphatic carbocycles. The van der Waals surface area contributed by atoms with Gasteiger partial charge in [0.15, 0.2) is 0 Å². The first kappa shape index (κ1) is 18.6. The number of ether oxygens (including phenoxy) is 1. The molecule has 0 bridgehead atoms. The quantitative estimate of drug-likeness (QED) is 0.670. The van der Waals surface area contributed by atoms with Gasteiger partial charge in [-0.2, -0.15) is 0 Å². The molecule has 1 amide bonds. The standard InChI is InChI=1S/C21H22N4O2S/c1-14-11-23-17(12-22-14)21(26)25-9-7-15(8-10-25)20-24-18(13-28-20)16-5-3-4-6-19(16)27-2/h3-6,11-13,15H,7-10H2,1-2H3. The van der Waals surface area contributed by atoms with Gasteiger partial charge in [-0.3, -0.25) is 9.78 Å². The van der Waals surface area contributed by atoms with E-state index in [4.69, 9.17) is 9.72 Å². The van der Waals surface area contributed by atoms with Gasteiger partial charge in [-0.15, -0.1) is 11.3 Å². The summed E-state index contributed by atoms with van der Waals surface area (Å²) in [6, 6.07) is 7.93. The maximum Gasteiger partial charge on any atom is 0.274 e. The maximum absolute atomic E-state index is 12.6. The number of carbonyl (C=O) groups is 1. The van der Waals surface area contributed by atoms with Crippen LogP contribution in [0.4, 0.5) is 0 Å². The fourth-order valence-corrected chi connectivity index (χ4v) is 4.44. The Labute approximate surface area is 168 Å². The fourth-order valence-electron chi connectivity index (χ4n) is 3.45. The van der Waals surface area contributed by atoms with Crippen LogP contribution in [0.3, 0.4) is 0 Å². The molecule has 0 radical (unpaired) electrons. The van der Waals surface area contributed by atoms with Gasteiger partial charge in [0.05, 0.1) is 29.7 Å². The first-order valence-corrected chi connectivity index (χ1v) is 10.2. The van der Waals surface area contributed by atoms with Crippen LogP contribution in [-0.4, -0.2) is 46.0 Å². The second-order valence-electron chi connectivity index (χ2n) is 6.88. The third-order valence-corrected chi connectivity index (χ3v) is 6.04. The lowest BCUT2D eigenvalue weighted by molar-refractivity contribution is 0.0706. The summed E-state index contributed by atoms with van der Waals surface area (Å²) in [6.07, 6.45) is 5.01. The minimum atomic E-state index is -0.0419. The van der Waals surface area contributed by atoms with Gasteiger partial charge in [-0.1, -0.05) is 12.1 Å². The number of methoxy groups -OCH3 is 1. The molecule has 3 heterocycles. The Morgan fingerprint density at radius 2 is 1.96 bits per heavy atom. The number of carbonyl (C=O) groups excluding carboxylic acids is 1. The van der Waals surface area contributed by atoms with E-state index in [0.717, 1.165) is 40.6 Å². The van der Waals surface area contributed by atoms with Crippen LogP contribution in [0.5, 0.6) is 5.75 Å². The molecule has 0 atom stereocenters. The molecule has 1 aromatic carbocycles. The highest BCUT2D eigenvalue weighted by Crippen LogP contribution is 2.35. The first-order chi connectivity index (χ1) is 13.7. The van der Waals surface area contributed by atoms with Gasteiger partial charge in [-0.05, 0) is 31.9 Å². The van der Waals surface area contributed by atoms with E-state index < -0.39 is 0 Å². The van der Waals surface area contributed by atoms with Crippen LogP contribution in [0.2, 0.25) is 0 Å². The lowest BCUT2D eigenvalue weighted by Gasteiger charge is -2.30. The zero-order valence-electron chi connectivity index (χ0n) is 16.0. The van der Waals surface area contributed by atoms with Gasteiger partial charge in [0.25, 0.3) is 5.91 Å². The van der Waals surface area contributed by atoms with Gasteiger partial charge in [0.2, 0.25) is 0 Å². The van der Waals surface area contributed by atoms with Crippen molar-refractivity contribution >= 4 is 17.2 Å². The van der Waals surface area contributed by atoms with Crippen molar-refractivity contribution in [1.82, 2.24) is 19.9 Å². The molecule has 144 valence electrons. The summed E-state index contributed by atoms with van der Waals surface area (Å²) in [5.41, 5.74) is 3.19. The Morgan fingerprint density at radius 1 is 1.18 bits per heavy atom. The molecule has 0 saturated carbocycles. The molecule has 0 N–H and O–H groups in total. The molecule has 7 heteroatoms. The smallest absolute Gasteiger partial charge is 0.274 e. The van der Waals surface area contributed by atoms with Crippen LogP contribution < -0.4 is 4.74 Å². The predicted molar refractivity (Wildman–Crippen MR) is 109 cm³/mol. The van der Waals surface area contributed by atoms with Gasteiger partial charge >= 0.3 is 0 Å². The van der Waals surface area contributed by atoms with E-state index >= 15 is 0 Å². The average Bonchev–Trinajstić information content (AvgIpc) is 3.24. The summed E-state index contributed by atoms with van der Waals surface area (Å²) in [4.78, 5) is 27.7.